The van der Waals surface area contributed by atoms with Crippen LogP contribution in [0.25, 0.3) is 0 Å². The van der Waals surface area contributed by atoms with Crippen LogP contribution in [-0.4, -0.2) is 19.3 Å². The molecule has 1 aromatic rings. The van der Waals surface area contributed by atoms with Crippen molar-refractivity contribution in [1.29, 1.82) is 0 Å². The second kappa shape index (κ2) is 7.78. The Bertz CT molecular complexity index is 345. The van der Waals surface area contributed by atoms with Crippen molar-refractivity contribution in [2.45, 2.75) is 46.3 Å². The third-order valence-corrected chi connectivity index (χ3v) is 2.92. The van der Waals surface area contributed by atoms with Gasteiger partial charge >= 0.3 is 0 Å². The van der Waals surface area contributed by atoms with Crippen LogP contribution in [0.2, 0.25) is 5.02 Å². The number of hydrogen-bond donors (Lipinski definition) is 1. The van der Waals surface area contributed by atoms with Crippen LogP contribution in [0.4, 0.5) is 0 Å². The molecule has 1 N–H and O–H groups in total. The van der Waals surface area contributed by atoms with Crippen LogP contribution in [0.15, 0.2) is 18.2 Å². The monoisotopic (exact) mass is 269 g/mol. The summed E-state index contributed by atoms with van der Waals surface area (Å²) in [6.07, 6.45) is 1.36. The molecule has 0 aromatic heterocycles. The van der Waals surface area contributed by atoms with E-state index < -0.39 is 0 Å². The molecule has 18 heavy (non-hydrogen) atoms. The summed E-state index contributed by atoms with van der Waals surface area (Å²) in [4.78, 5) is 0. The Hall–Kier alpha value is -0.570. The van der Waals surface area contributed by atoms with E-state index in [1.165, 1.54) is 11.1 Å². The van der Waals surface area contributed by atoms with Gasteiger partial charge in [0, 0.05) is 5.02 Å². The highest BCUT2D eigenvalue weighted by Crippen LogP contribution is 2.21. The minimum Gasteiger partial charge on any atom is -0.377 e. The lowest BCUT2D eigenvalue weighted by atomic mass is 10.0. The fourth-order valence-corrected chi connectivity index (χ4v) is 2.14. The lowest BCUT2D eigenvalue weighted by Crippen LogP contribution is -2.27. The zero-order valence-corrected chi connectivity index (χ0v) is 12.6. The number of hydrogen-bond acceptors (Lipinski definition) is 2. The van der Waals surface area contributed by atoms with E-state index >= 15 is 0 Å². The summed E-state index contributed by atoms with van der Waals surface area (Å²) >= 11 is 6.12. The van der Waals surface area contributed by atoms with Crippen molar-refractivity contribution in [3.63, 3.8) is 0 Å². The number of ether oxygens (including phenoxy) is 1. The van der Waals surface area contributed by atoms with E-state index in [0.717, 1.165) is 18.0 Å². The van der Waals surface area contributed by atoms with Gasteiger partial charge in [0.25, 0.3) is 0 Å². The lowest BCUT2D eigenvalue weighted by Gasteiger charge is -2.21. The molecule has 0 saturated heterocycles. The summed E-state index contributed by atoms with van der Waals surface area (Å²) in [5.41, 5.74) is 2.39. The first-order valence-corrected chi connectivity index (χ1v) is 7.02. The van der Waals surface area contributed by atoms with Gasteiger partial charge in [0.1, 0.15) is 0 Å². The zero-order chi connectivity index (χ0) is 13.5. The Morgan fingerprint density at radius 2 is 2.00 bits per heavy atom. The molecule has 0 aliphatic carbocycles. The number of aryl methyl sites for hydroxylation is 1. The van der Waals surface area contributed by atoms with Crippen LogP contribution >= 0.6 is 11.6 Å². The van der Waals surface area contributed by atoms with Gasteiger partial charge in [-0.1, -0.05) is 24.6 Å². The fraction of sp³-hybridized carbons (Fsp3) is 0.600. The Labute approximate surface area is 116 Å². The quantitative estimate of drug-likeness (QED) is 0.804. The number of nitrogens with one attached hydrogen (secondary N) is 1. The van der Waals surface area contributed by atoms with Gasteiger partial charge in [-0.3, -0.25) is 0 Å². The van der Waals surface area contributed by atoms with Crippen LogP contribution in [0.1, 0.15) is 44.4 Å². The Morgan fingerprint density at radius 1 is 1.28 bits per heavy atom. The molecule has 0 saturated carbocycles. The summed E-state index contributed by atoms with van der Waals surface area (Å²) in [6, 6.07) is 6.38. The van der Waals surface area contributed by atoms with Gasteiger partial charge in [0.2, 0.25) is 0 Å². The lowest BCUT2D eigenvalue weighted by molar-refractivity contribution is 0.0611. The molecule has 1 unspecified atom stereocenters. The van der Waals surface area contributed by atoms with Gasteiger partial charge in [-0.2, -0.15) is 0 Å². The van der Waals surface area contributed by atoms with Crippen molar-refractivity contribution < 1.29 is 4.74 Å². The SMILES string of the molecule is CCCNC(COC(C)C)c1cc(C)cc(Cl)c1. The highest BCUT2D eigenvalue weighted by Gasteiger charge is 2.12. The zero-order valence-electron chi connectivity index (χ0n) is 11.8. The average Bonchev–Trinajstić information content (AvgIpc) is 2.27. The first-order chi connectivity index (χ1) is 8.52. The molecule has 0 bridgehead atoms. The second-order valence-electron chi connectivity index (χ2n) is 4.95. The Balaban J connectivity index is 2.79. The maximum atomic E-state index is 6.12. The van der Waals surface area contributed by atoms with Gasteiger partial charge in [-0.25, -0.2) is 0 Å². The molecule has 102 valence electrons. The second-order valence-corrected chi connectivity index (χ2v) is 5.39. The molecular formula is C15H24ClNO. The number of rotatable bonds is 7. The molecule has 2 nitrogen and oxygen atoms in total. The van der Waals surface area contributed by atoms with E-state index in [2.05, 4.69) is 39.1 Å². The maximum absolute atomic E-state index is 6.12. The number of halogens is 1. The van der Waals surface area contributed by atoms with Crippen molar-refractivity contribution in [3.8, 4) is 0 Å². The number of benzene rings is 1. The largest absolute Gasteiger partial charge is 0.377 e. The van der Waals surface area contributed by atoms with E-state index in [1.807, 2.05) is 12.1 Å². The van der Waals surface area contributed by atoms with Crippen molar-refractivity contribution in [2.75, 3.05) is 13.2 Å². The standard InChI is InChI=1S/C15H24ClNO/c1-5-6-17-15(10-18-11(2)3)13-7-12(4)8-14(16)9-13/h7-9,11,15,17H,5-6,10H2,1-4H3. The van der Waals surface area contributed by atoms with Crippen molar-refractivity contribution in [1.82, 2.24) is 5.32 Å². The predicted octanol–water partition coefficient (Wildman–Crippen LogP) is 4.11. The highest BCUT2D eigenvalue weighted by molar-refractivity contribution is 6.30. The van der Waals surface area contributed by atoms with E-state index in [-0.39, 0.29) is 12.1 Å². The summed E-state index contributed by atoms with van der Waals surface area (Å²) in [5.74, 6) is 0. The van der Waals surface area contributed by atoms with Crippen LogP contribution in [0, 0.1) is 6.92 Å². The minimum atomic E-state index is 0.213. The summed E-state index contributed by atoms with van der Waals surface area (Å²) in [6.45, 7) is 10.0. The average molecular weight is 270 g/mol. The maximum Gasteiger partial charge on any atom is 0.0664 e. The normalized spacial score (nSPS) is 13.0. The summed E-state index contributed by atoms with van der Waals surface area (Å²) in [5, 5.41) is 4.30. The van der Waals surface area contributed by atoms with Gasteiger partial charge in [0.15, 0.2) is 0 Å². The molecule has 1 atom stereocenters. The molecule has 0 radical (unpaired) electrons. The Kier molecular flexibility index (Phi) is 6.69. The summed E-state index contributed by atoms with van der Waals surface area (Å²) < 4.78 is 5.73. The third-order valence-electron chi connectivity index (χ3n) is 2.70. The van der Waals surface area contributed by atoms with Crippen LogP contribution in [0.3, 0.4) is 0 Å². The smallest absolute Gasteiger partial charge is 0.0664 e. The minimum absolute atomic E-state index is 0.213. The van der Waals surface area contributed by atoms with Gasteiger partial charge in [-0.15, -0.1) is 0 Å². The van der Waals surface area contributed by atoms with Crippen LogP contribution in [-0.2, 0) is 4.74 Å². The van der Waals surface area contributed by atoms with Gasteiger partial charge < -0.3 is 10.1 Å². The van der Waals surface area contributed by atoms with Gasteiger partial charge in [0.05, 0.1) is 18.8 Å². The van der Waals surface area contributed by atoms with Crippen molar-refractivity contribution in [2.24, 2.45) is 0 Å². The van der Waals surface area contributed by atoms with E-state index in [1.54, 1.807) is 0 Å². The molecule has 0 aliphatic heterocycles. The van der Waals surface area contributed by atoms with Crippen molar-refractivity contribution in [3.05, 3.63) is 34.3 Å². The molecule has 0 spiro atoms. The van der Waals surface area contributed by atoms with E-state index in [0.29, 0.717) is 6.61 Å². The first kappa shape index (κ1) is 15.5. The van der Waals surface area contributed by atoms with Crippen LogP contribution < -0.4 is 5.32 Å². The highest BCUT2D eigenvalue weighted by atomic mass is 35.5. The molecule has 0 heterocycles. The molecule has 3 heteroatoms. The molecule has 1 aromatic carbocycles. The van der Waals surface area contributed by atoms with Gasteiger partial charge in [-0.05, 0) is 57.0 Å². The molecule has 0 fully saturated rings. The van der Waals surface area contributed by atoms with E-state index in [9.17, 15) is 0 Å². The fourth-order valence-electron chi connectivity index (χ4n) is 1.85. The van der Waals surface area contributed by atoms with Crippen LogP contribution in [0.5, 0.6) is 0 Å². The summed E-state index contributed by atoms with van der Waals surface area (Å²) in [7, 11) is 0. The first-order valence-electron chi connectivity index (χ1n) is 6.65. The molecule has 0 amide bonds. The molecule has 0 aliphatic rings. The topological polar surface area (TPSA) is 21.3 Å². The Morgan fingerprint density at radius 3 is 2.56 bits per heavy atom. The predicted molar refractivity (Wildman–Crippen MR) is 78.3 cm³/mol. The molecule has 1 rings (SSSR count). The third kappa shape index (κ3) is 5.38. The van der Waals surface area contributed by atoms with E-state index in [4.69, 9.17) is 16.3 Å². The molecular weight excluding hydrogens is 246 g/mol. The van der Waals surface area contributed by atoms with Crippen molar-refractivity contribution >= 4 is 11.6 Å².